The van der Waals surface area contributed by atoms with Gasteiger partial charge < -0.3 is 18.6 Å². The van der Waals surface area contributed by atoms with Gasteiger partial charge in [0.15, 0.2) is 5.76 Å². The Morgan fingerprint density at radius 2 is 1.97 bits per heavy atom. The molecule has 4 rings (SSSR count). The molecule has 1 aromatic carbocycles. The predicted molar refractivity (Wildman–Crippen MR) is 124 cm³/mol. The molecule has 1 aliphatic heterocycles. The van der Waals surface area contributed by atoms with Crippen LogP contribution in [0, 0.1) is 6.92 Å². The van der Waals surface area contributed by atoms with E-state index in [9.17, 15) is 13.2 Å². The number of hydrogen-bond acceptors (Lipinski definition) is 8. The number of ether oxygens (including phenoxy) is 2. The fourth-order valence-corrected chi connectivity index (χ4v) is 5.50. The Balaban J connectivity index is 1.62. The van der Waals surface area contributed by atoms with Crippen LogP contribution in [0.1, 0.15) is 60.7 Å². The van der Waals surface area contributed by atoms with E-state index in [1.807, 2.05) is 25.3 Å². The zero-order valence-corrected chi connectivity index (χ0v) is 20.7. The first kappa shape index (κ1) is 24.4. The van der Waals surface area contributed by atoms with Crippen LogP contribution >= 0.6 is 0 Å². The lowest BCUT2D eigenvalue weighted by Crippen LogP contribution is -2.40. The monoisotopic (exact) mass is 490 g/mol. The van der Waals surface area contributed by atoms with E-state index < -0.39 is 16.0 Å². The summed E-state index contributed by atoms with van der Waals surface area (Å²) in [6, 6.07) is 4.95. The smallest absolute Gasteiger partial charge is 0.344 e. The van der Waals surface area contributed by atoms with Gasteiger partial charge in [0, 0.05) is 25.6 Å². The molecule has 3 heterocycles. The first-order valence-electron chi connectivity index (χ1n) is 11.4. The van der Waals surface area contributed by atoms with Gasteiger partial charge in [-0.1, -0.05) is 25.9 Å². The third-order valence-corrected chi connectivity index (χ3v) is 7.70. The molecule has 0 unspecified atom stereocenters. The first-order chi connectivity index (χ1) is 16.2. The molecule has 0 aliphatic carbocycles. The van der Waals surface area contributed by atoms with Crippen molar-refractivity contribution in [3.8, 4) is 0 Å². The SMILES string of the molecule is CCCn1c(COC(=O)c2c(C)noc2C(C)C)nc2cc(S(=O)(=O)N3CCOCC3)ccc21. The quantitative estimate of drug-likeness (QED) is 0.442. The van der Waals surface area contributed by atoms with Crippen molar-refractivity contribution in [2.75, 3.05) is 26.3 Å². The van der Waals surface area contributed by atoms with Crippen LogP contribution in [0.15, 0.2) is 27.6 Å². The minimum absolute atomic E-state index is 0.0137. The molecule has 0 atom stereocenters. The fraction of sp³-hybridized carbons (Fsp3) is 0.522. The van der Waals surface area contributed by atoms with E-state index in [-0.39, 0.29) is 17.4 Å². The molecule has 3 aromatic rings. The third kappa shape index (κ3) is 4.59. The summed E-state index contributed by atoms with van der Waals surface area (Å²) >= 11 is 0. The molecule has 2 aromatic heterocycles. The van der Waals surface area contributed by atoms with Gasteiger partial charge in [-0.3, -0.25) is 0 Å². The highest BCUT2D eigenvalue weighted by molar-refractivity contribution is 7.89. The third-order valence-electron chi connectivity index (χ3n) is 5.80. The number of morpholine rings is 1. The molecule has 0 N–H and O–H groups in total. The minimum atomic E-state index is -3.64. The molecule has 184 valence electrons. The lowest BCUT2D eigenvalue weighted by Gasteiger charge is -2.26. The number of imidazole rings is 1. The van der Waals surface area contributed by atoms with Gasteiger partial charge in [-0.2, -0.15) is 4.31 Å². The average Bonchev–Trinajstić information content (AvgIpc) is 3.38. The molecule has 10 nitrogen and oxygen atoms in total. The van der Waals surface area contributed by atoms with E-state index in [0.29, 0.717) is 61.2 Å². The van der Waals surface area contributed by atoms with Crippen LogP contribution in [0.5, 0.6) is 0 Å². The molecule has 11 heteroatoms. The summed E-state index contributed by atoms with van der Waals surface area (Å²) < 4.78 is 45.7. The van der Waals surface area contributed by atoms with Gasteiger partial charge in [0.1, 0.15) is 18.0 Å². The molecule has 34 heavy (non-hydrogen) atoms. The lowest BCUT2D eigenvalue weighted by atomic mass is 10.1. The van der Waals surface area contributed by atoms with Gasteiger partial charge in [0.25, 0.3) is 0 Å². The lowest BCUT2D eigenvalue weighted by molar-refractivity contribution is 0.0454. The molecule has 0 spiro atoms. The Bertz CT molecular complexity index is 1290. The number of nitrogens with zero attached hydrogens (tertiary/aromatic N) is 4. The first-order valence-corrected chi connectivity index (χ1v) is 12.9. The number of sulfonamides is 1. The normalized spacial score (nSPS) is 15.3. The second-order valence-corrected chi connectivity index (χ2v) is 10.5. The van der Waals surface area contributed by atoms with Gasteiger partial charge >= 0.3 is 5.97 Å². The molecule has 0 radical (unpaired) electrons. The van der Waals surface area contributed by atoms with Crippen molar-refractivity contribution in [3.63, 3.8) is 0 Å². The molecule has 1 fully saturated rings. The number of carbonyl (C=O) groups is 1. The number of aromatic nitrogens is 3. The van der Waals surface area contributed by atoms with Crippen molar-refractivity contribution in [2.45, 2.75) is 58.1 Å². The molecular formula is C23H30N4O6S. The second-order valence-electron chi connectivity index (χ2n) is 8.58. The highest BCUT2D eigenvalue weighted by Crippen LogP contribution is 2.26. The zero-order chi connectivity index (χ0) is 24.5. The molecule has 1 aliphatic rings. The van der Waals surface area contributed by atoms with Crippen molar-refractivity contribution in [2.24, 2.45) is 0 Å². The number of hydrogen-bond donors (Lipinski definition) is 0. The number of fused-ring (bicyclic) bond motifs is 1. The van der Waals surface area contributed by atoms with E-state index >= 15 is 0 Å². The van der Waals surface area contributed by atoms with Crippen molar-refractivity contribution >= 4 is 27.0 Å². The Kier molecular flexibility index (Phi) is 7.06. The summed E-state index contributed by atoms with van der Waals surface area (Å²) in [5.41, 5.74) is 2.15. The summed E-state index contributed by atoms with van der Waals surface area (Å²) in [7, 11) is -3.64. The maximum absolute atomic E-state index is 13.1. The molecule has 0 amide bonds. The van der Waals surface area contributed by atoms with Crippen LogP contribution in [0.3, 0.4) is 0 Å². The summed E-state index contributed by atoms with van der Waals surface area (Å²) in [6.07, 6.45) is 0.836. The Labute approximate surface area is 198 Å². The van der Waals surface area contributed by atoms with Crippen LogP contribution < -0.4 is 0 Å². The Morgan fingerprint density at radius 1 is 1.24 bits per heavy atom. The Hall–Kier alpha value is -2.76. The minimum Gasteiger partial charge on any atom is -0.454 e. The maximum atomic E-state index is 13.1. The molecule has 0 bridgehead atoms. The second kappa shape index (κ2) is 9.85. The molecule has 1 saturated heterocycles. The molecule has 0 saturated carbocycles. The number of esters is 1. The van der Waals surface area contributed by atoms with E-state index in [2.05, 4.69) is 10.1 Å². The topological polar surface area (TPSA) is 117 Å². The van der Waals surface area contributed by atoms with Crippen LogP contribution in [-0.4, -0.2) is 59.7 Å². The van der Waals surface area contributed by atoms with Gasteiger partial charge in [-0.15, -0.1) is 0 Å². The van der Waals surface area contributed by atoms with Crippen molar-refractivity contribution in [3.05, 3.63) is 41.0 Å². The van der Waals surface area contributed by atoms with E-state index in [1.54, 1.807) is 25.1 Å². The van der Waals surface area contributed by atoms with E-state index in [4.69, 9.17) is 14.0 Å². The number of carbonyl (C=O) groups excluding carboxylic acids is 1. The van der Waals surface area contributed by atoms with E-state index in [1.165, 1.54) is 4.31 Å². The van der Waals surface area contributed by atoms with Gasteiger partial charge in [0.2, 0.25) is 10.0 Å². The van der Waals surface area contributed by atoms with Gasteiger partial charge in [-0.05, 0) is 31.5 Å². The summed E-state index contributed by atoms with van der Waals surface area (Å²) in [6.45, 7) is 9.59. The maximum Gasteiger partial charge on any atom is 0.344 e. The van der Waals surface area contributed by atoms with Crippen LogP contribution in [-0.2, 0) is 32.6 Å². The number of aryl methyl sites for hydroxylation is 2. The predicted octanol–water partition coefficient (Wildman–Crippen LogP) is 3.24. The summed E-state index contributed by atoms with van der Waals surface area (Å²) in [5.74, 6) is 0.502. The summed E-state index contributed by atoms with van der Waals surface area (Å²) in [5, 5.41) is 3.90. The fourth-order valence-electron chi connectivity index (χ4n) is 4.07. The van der Waals surface area contributed by atoms with Crippen molar-refractivity contribution in [1.29, 1.82) is 0 Å². The van der Waals surface area contributed by atoms with Crippen molar-refractivity contribution < 1.29 is 27.2 Å². The zero-order valence-electron chi connectivity index (χ0n) is 19.9. The number of benzene rings is 1. The average molecular weight is 491 g/mol. The summed E-state index contributed by atoms with van der Waals surface area (Å²) in [4.78, 5) is 17.6. The highest BCUT2D eigenvalue weighted by atomic mass is 32.2. The van der Waals surface area contributed by atoms with Crippen LogP contribution in [0.4, 0.5) is 0 Å². The van der Waals surface area contributed by atoms with Gasteiger partial charge in [0.05, 0.1) is 34.8 Å². The highest BCUT2D eigenvalue weighted by Gasteiger charge is 2.28. The van der Waals surface area contributed by atoms with Crippen LogP contribution in [0.25, 0.3) is 11.0 Å². The molecular weight excluding hydrogens is 460 g/mol. The van der Waals surface area contributed by atoms with Crippen LogP contribution in [0.2, 0.25) is 0 Å². The largest absolute Gasteiger partial charge is 0.454 e. The number of rotatable bonds is 8. The Morgan fingerprint density at radius 3 is 2.65 bits per heavy atom. The van der Waals surface area contributed by atoms with Crippen molar-refractivity contribution in [1.82, 2.24) is 19.0 Å². The van der Waals surface area contributed by atoms with E-state index in [0.717, 1.165) is 11.9 Å². The standard InChI is InChI=1S/C23H30N4O6S/c1-5-8-27-19-7-6-17(34(29,30)26-9-11-31-12-10-26)13-18(19)24-20(27)14-32-23(28)21-16(4)25-33-22(21)15(2)3/h6-7,13,15H,5,8-12,14H2,1-4H3. The van der Waals surface area contributed by atoms with Gasteiger partial charge in [-0.25, -0.2) is 18.2 Å².